The molecule has 0 aliphatic heterocycles. The topological polar surface area (TPSA) is 107 Å². The zero-order valence-corrected chi connectivity index (χ0v) is 12.9. The van der Waals surface area contributed by atoms with Crippen LogP contribution in [-0.4, -0.2) is 58.8 Å². The summed E-state index contributed by atoms with van der Waals surface area (Å²) < 4.78 is 0. The van der Waals surface area contributed by atoms with E-state index < -0.39 is 18.6 Å². The Morgan fingerprint density at radius 1 is 1.38 bits per heavy atom. The molecule has 21 heavy (non-hydrogen) atoms. The molecule has 0 spiro atoms. The fraction of sp³-hybridized carbons (Fsp3) is 0.929. The van der Waals surface area contributed by atoms with E-state index in [9.17, 15) is 9.90 Å². The number of hydrogen-bond donors (Lipinski definition) is 4. The van der Waals surface area contributed by atoms with Gasteiger partial charge in [0.1, 0.15) is 5.54 Å². The van der Waals surface area contributed by atoms with Crippen LogP contribution in [0.2, 0.25) is 6.32 Å². The first-order valence-electron chi connectivity index (χ1n) is 7.80. The quantitative estimate of drug-likeness (QED) is 0.514. The molecule has 120 valence electrons. The lowest BCUT2D eigenvalue weighted by atomic mass is 9.75. The van der Waals surface area contributed by atoms with E-state index in [2.05, 4.69) is 19.0 Å². The minimum Gasteiger partial charge on any atom is -0.480 e. The maximum absolute atomic E-state index is 11.6. The summed E-state index contributed by atoms with van der Waals surface area (Å²) in [5.74, 6) is -0.256. The summed E-state index contributed by atoms with van der Waals surface area (Å²) in [5, 5.41) is 27.5. The Morgan fingerprint density at radius 3 is 2.57 bits per heavy atom. The van der Waals surface area contributed by atoms with Crippen LogP contribution in [0.5, 0.6) is 0 Å². The normalized spacial score (nSPS) is 38.8. The molecule has 0 aromatic rings. The summed E-state index contributed by atoms with van der Waals surface area (Å²) in [7, 11) is 2.81. The fourth-order valence-corrected chi connectivity index (χ4v) is 4.48. The van der Waals surface area contributed by atoms with Crippen LogP contribution in [0.3, 0.4) is 0 Å². The number of carbonyl (C=O) groups is 1. The first-order chi connectivity index (χ1) is 9.75. The van der Waals surface area contributed by atoms with Crippen LogP contribution in [0.25, 0.3) is 0 Å². The van der Waals surface area contributed by atoms with Gasteiger partial charge < -0.3 is 25.8 Å². The fourth-order valence-electron chi connectivity index (χ4n) is 4.48. The molecule has 0 heterocycles. The lowest BCUT2D eigenvalue weighted by molar-refractivity contribution is -0.145. The summed E-state index contributed by atoms with van der Waals surface area (Å²) in [5.41, 5.74) is 5.09. The second kappa shape index (κ2) is 6.24. The summed E-state index contributed by atoms with van der Waals surface area (Å²) in [6.07, 6.45) is 4.09. The molecular weight excluding hydrogens is 271 g/mol. The number of aliphatic carboxylic acids is 1. The lowest BCUT2D eigenvalue weighted by Crippen LogP contribution is -2.52. The molecule has 0 amide bonds. The summed E-state index contributed by atoms with van der Waals surface area (Å²) >= 11 is 0. The second-order valence-electron chi connectivity index (χ2n) is 7.08. The van der Waals surface area contributed by atoms with E-state index in [1.807, 2.05) is 0 Å². The highest BCUT2D eigenvalue weighted by Crippen LogP contribution is 2.54. The molecule has 5 N–H and O–H groups in total. The predicted molar refractivity (Wildman–Crippen MR) is 80.6 cm³/mol. The van der Waals surface area contributed by atoms with Crippen molar-refractivity contribution >= 4 is 13.1 Å². The number of nitrogens with two attached hydrogens (primary N) is 1. The standard InChI is InChI=1S/C14H27BN2O4/c1-17(2)10-6-9-8-14(16,13(18)19)12(11(9)7-10)4-3-5-15(20)21/h9-12,20-21H,3-8,16H2,1-2H3,(H,18,19). The molecule has 2 aliphatic carbocycles. The first-order valence-corrected chi connectivity index (χ1v) is 7.80. The van der Waals surface area contributed by atoms with Crippen molar-refractivity contribution in [1.29, 1.82) is 0 Å². The third-order valence-corrected chi connectivity index (χ3v) is 5.61. The van der Waals surface area contributed by atoms with Crippen LogP contribution < -0.4 is 5.73 Å². The van der Waals surface area contributed by atoms with E-state index in [0.29, 0.717) is 37.1 Å². The smallest absolute Gasteiger partial charge is 0.451 e. The third-order valence-electron chi connectivity index (χ3n) is 5.61. The number of rotatable bonds is 6. The molecule has 0 bridgehead atoms. The van der Waals surface area contributed by atoms with Gasteiger partial charge in [0.2, 0.25) is 0 Å². The minimum absolute atomic E-state index is 0.0660. The number of fused-ring (bicyclic) bond motifs is 1. The van der Waals surface area contributed by atoms with Crippen LogP contribution >= 0.6 is 0 Å². The Hall–Kier alpha value is -0.625. The Balaban J connectivity index is 2.08. The van der Waals surface area contributed by atoms with Gasteiger partial charge in [0.05, 0.1) is 0 Å². The van der Waals surface area contributed by atoms with Crippen molar-refractivity contribution in [2.75, 3.05) is 14.1 Å². The number of carboxylic acid groups (broad SMARTS) is 1. The van der Waals surface area contributed by atoms with E-state index in [-0.39, 0.29) is 12.2 Å². The van der Waals surface area contributed by atoms with Gasteiger partial charge in [-0.25, -0.2) is 0 Å². The maximum Gasteiger partial charge on any atom is 0.451 e. The minimum atomic E-state index is -1.32. The Kier molecular flexibility index (Phi) is 4.98. The van der Waals surface area contributed by atoms with E-state index in [0.717, 1.165) is 12.8 Å². The SMILES string of the molecule is CN(C)C1CC2CC(N)(C(=O)O)C(CCCB(O)O)C2C1. The van der Waals surface area contributed by atoms with Crippen LogP contribution in [0.4, 0.5) is 0 Å². The number of nitrogens with zero attached hydrogens (tertiary/aromatic N) is 1. The zero-order valence-electron chi connectivity index (χ0n) is 12.9. The maximum atomic E-state index is 11.6. The van der Waals surface area contributed by atoms with Gasteiger partial charge in [-0.05, 0) is 63.9 Å². The highest BCUT2D eigenvalue weighted by atomic mass is 16.4. The van der Waals surface area contributed by atoms with Crippen molar-refractivity contribution in [3.05, 3.63) is 0 Å². The first kappa shape index (κ1) is 16.7. The zero-order chi connectivity index (χ0) is 15.8. The van der Waals surface area contributed by atoms with Crippen molar-refractivity contribution in [1.82, 2.24) is 4.90 Å². The van der Waals surface area contributed by atoms with Gasteiger partial charge in [-0.3, -0.25) is 4.79 Å². The monoisotopic (exact) mass is 298 g/mol. The highest BCUT2D eigenvalue weighted by molar-refractivity contribution is 6.40. The molecule has 0 radical (unpaired) electrons. The van der Waals surface area contributed by atoms with Gasteiger partial charge in [0.25, 0.3) is 0 Å². The molecule has 5 atom stereocenters. The molecule has 0 saturated heterocycles. The van der Waals surface area contributed by atoms with Crippen molar-refractivity contribution in [3.8, 4) is 0 Å². The average molecular weight is 298 g/mol. The summed E-state index contributed by atoms with van der Waals surface area (Å²) in [6.45, 7) is 0. The van der Waals surface area contributed by atoms with E-state index in [4.69, 9.17) is 15.8 Å². The van der Waals surface area contributed by atoms with Crippen molar-refractivity contribution in [2.45, 2.75) is 50.0 Å². The molecule has 5 unspecified atom stereocenters. The van der Waals surface area contributed by atoms with E-state index in [1.165, 1.54) is 0 Å². The molecule has 6 nitrogen and oxygen atoms in total. The highest BCUT2D eigenvalue weighted by Gasteiger charge is 2.58. The molecule has 2 rings (SSSR count). The largest absolute Gasteiger partial charge is 0.480 e. The Bertz CT molecular complexity index is 393. The van der Waals surface area contributed by atoms with Crippen molar-refractivity contribution in [2.24, 2.45) is 23.5 Å². The van der Waals surface area contributed by atoms with Crippen LogP contribution in [0, 0.1) is 17.8 Å². The second-order valence-corrected chi connectivity index (χ2v) is 7.08. The molecule has 2 saturated carbocycles. The van der Waals surface area contributed by atoms with Gasteiger partial charge in [0.15, 0.2) is 0 Å². The van der Waals surface area contributed by atoms with Crippen molar-refractivity contribution < 1.29 is 19.9 Å². The Labute approximate surface area is 126 Å². The van der Waals surface area contributed by atoms with E-state index >= 15 is 0 Å². The molecule has 0 aromatic carbocycles. The molecular formula is C14H27BN2O4. The van der Waals surface area contributed by atoms with Crippen molar-refractivity contribution in [3.63, 3.8) is 0 Å². The van der Waals surface area contributed by atoms with Crippen LogP contribution in [0.1, 0.15) is 32.1 Å². The van der Waals surface area contributed by atoms with Gasteiger partial charge in [-0.2, -0.15) is 0 Å². The van der Waals surface area contributed by atoms with E-state index in [1.54, 1.807) is 0 Å². The molecule has 7 heteroatoms. The van der Waals surface area contributed by atoms with Crippen LogP contribution in [0.15, 0.2) is 0 Å². The summed E-state index contributed by atoms with van der Waals surface area (Å²) in [4.78, 5) is 13.9. The van der Waals surface area contributed by atoms with Gasteiger partial charge in [0, 0.05) is 6.04 Å². The number of hydrogen-bond acceptors (Lipinski definition) is 5. The number of carboxylic acids is 1. The summed E-state index contributed by atoms with van der Waals surface area (Å²) in [6, 6.07) is 0.504. The third kappa shape index (κ3) is 3.26. The van der Waals surface area contributed by atoms with Gasteiger partial charge in [-0.1, -0.05) is 6.42 Å². The predicted octanol–water partition coefficient (Wildman–Crippen LogP) is -0.00220. The lowest BCUT2D eigenvalue weighted by Gasteiger charge is -2.31. The van der Waals surface area contributed by atoms with Crippen LogP contribution in [-0.2, 0) is 4.79 Å². The Morgan fingerprint density at radius 2 is 2.05 bits per heavy atom. The van der Waals surface area contributed by atoms with Gasteiger partial charge >= 0.3 is 13.1 Å². The molecule has 2 aliphatic rings. The average Bonchev–Trinajstić information content (AvgIpc) is 2.87. The van der Waals surface area contributed by atoms with Gasteiger partial charge in [-0.15, -0.1) is 0 Å². The molecule has 2 fully saturated rings. The molecule has 0 aromatic heterocycles.